The lowest BCUT2D eigenvalue weighted by atomic mass is 9.84. The first-order valence-electron chi connectivity index (χ1n) is 8.34. The molecule has 2 aromatic rings. The van der Waals surface area contributed by atoms with Crippen LogP contribution in [-0.4, -0.2) is 51.4 Å². The first kappa shape index (κ1) is 15.5. The van der Waals surface area contributed by atoms with Gasteiger partial charge in [0.15, 0.2) is 0 Å². The van der Waals surface area contributed by atoms with E-state index in [0.29, 0.717) is 5.88 Å². The minimum atomic E-state index is -0.0983. The second kappa shape index (κ2) is 6.14. The highest BCUT2D eigenvalue weighted by Gasteiger charge is 2.48. The summed E-state index contributed by atoms with van der Waals surface area (Å²) in [6.07, 6.45) is 5.31. The van der Waals surface area contributed by atoms with Crippen molar-refractivity contribution < 1.29 is 14.0 Å². The van der Waals surface area contributed by atoms with Gasteiger partial charge in [0.05, 0.1) is 29.8 Å². The zero-order chi connectivity index (χ0) is 16.6. The lowest BCUT2D eigenvalue weighted by Crippen LogP contribution is -2.65. The molecule has 2 aliphatic heterocycles. The molecule has 2 saturated heterocycles. The van der Waals surface area contributed by atoms with Crippen molar-refractivity contribution in [1.29, 1.82) is 0 Å². The van der Waals surface area contributed by atoms with Crippen LogP contribution in [0.5, 0.6) is 5.88 Å². The van der Waals surface area contributed by atoms with Crippen LogP contribution >= 0.6 is 0 Å². The molecule has 0 radical (unpaired) electrons. The maximum Gasteiger partial charge on any atom is 0.232 e. The van der Waals surface area contributed by atoms with Crippen LogP contribution in [0.25, 0.3) is 0 Å². The van der Waals surface area contributed by atoms with E-state index in [0.717, 1.165) is 56.2 Å². The van der Waals surface area contributed by atoms with E-state index >= 15 is 0 Å². The quantitative estimate of drug-likeness (QED) is 0.847. The highest BCUT2D eigenvalue weighted by Crippen LogP contribution is 2.36. The summed E-state index contributed by atoms with van der Waals surface area (Å²) in [6, 6.07) is 1.98. The number of likely N-dealkylation sites (tertiary alicyclic amines) is 1. The summed E-state index contributed by atoms with van der Waals surface area (Å²) < 4.78 is 17.2. The molecule has 4 heterocycles. The molecule has 24 heavy (non-hydrogen) atoms. The van der Waals surface area contributed by atoms with Crippen molar-refractivity contribution in [2.75, 3.05) is 19.7 Å². The summed E-state index contributed by atoms with van der Waals surface area (Å²) in [6.45, 7) is 7.16. The van der Waals surface area contributed by atoms with Crippen molar-refractivity contribution in [1.82, 2.24) is 20.0 Å². The fourth-order valence-corrected chi connectivity index (χ4v) is 3.57. The van der Waals surface area contributed by atoms with Gasteiger partial charge >= 0.3 is 0 Å². The molecule has 2 fully saturated rings. The Bertz CT molecular complexity index is 711. The van der Waals surface area contributed by atoms with Crippen molar-refractivity contribution in [2.24, 2.45) is 0 Å². The minimum absolute atomic E-state index is 0.0983. The fraction of sp³-hybridized carbons (Fsp3) is 0.588. The van der Waals surface area contributed by atoms with Crippen LogP contribution < -0.4 is 4.74 Å². The summed E-state index contributed by atoms with van der Waals surface area (Å²) in [5.74, 6) is 1.45. The minimum Gasteiger partial charge on any atom is -0.473 e. The maximum atomic E-state index is 6.06. The van der Waals surface area contributed by atoms with Gasteiger partial charge in [0, 0.05) is 44.7 Å². The Labute approximate surface area is 141 Å². The molecular formula is C17H22N4O3. The van der Waals surface area contributed by atoms with Crippen LogP contribution in [0.1, 0.15) is 30.0 Å². The zero-order valence-electron chi connectivity index (χ0n) is 14.1. The Kier molecular flexibility index (Phi) is 3.97. The Balaban J connectivity index is 1.32. The first-order chi connectivity index (χ1) is 11.6. The van der Waals surface area contributed by atoms with E-state index in [9.17, 15) is 0 Å². The summed E-state index contributed by atoms with van der Waals surface area (Å²) >= 11 is 0. The molecule has 0 bridgehead atoms. The standard InChI is InChI=1S/C17H22N4O3/c1-12-7-18-8-16(19-12)23-15-3-4-22-17(6-15)10-21(11-17)9-14-5-13(2)24-20-14/h5,7-8,15H,3-4,6,9-11H2,1-2H3/t15-/m1/s1. The van der Waals surface area contributed by atoms with E-state index in [1.807, 2.05) is 19.9 Å². The summed E-state index contributed by atoms with van der Waals surface area (Å²) in [7, 11) is 0. The van der Waals surface area contributed by atoms with Crippen LogP contribution in [0.15, 0.2) is 23.0 Å². The number of ether oxygens (including phenoxy) is 2. The number of nitrogens with zero attached hydrogens (tertiary/aromatic N) is 4. The number of aromatic nitrogens is 3. The smallest absolute Gasteiger partial charge is 0.232 e. The molecule has 0 saturated carbocycles. The molecule has 1 spiro atoms. The van der Waals surface area contributed by atoms with Gasteiger partial charge in [-0.15, -0.1) is 0 Å². The van der Waals surface area contributed by atoms with Gasteiger partial charge in [0.2, 0.25) is 5.88 Å². The Morgan fingerprint density at radius 3 is 2.96 bits per heavy atom. The number of aryl methyl sites for hydroxylation is 2. The van der Waals surface area contributed by atoms with Gasteiger partial charge in [-0.05, 0) is 13.8 Å². The van der Waals surface area contributed by atoms with Crippen molar-refractivity contribution in [3.05, 3.63) is 35.6 Å². The summed E-state index contributed by atoms with van der Waals surface area (Å²) in [5, 5.41) is 4.05. The summed E-state index contributed by atoms with van der Waals surface area (Å²) in [5.41, 5.74) is 1.74. The molecule has 7 nitrogen and oxygen atoms in total. The molecule has 0 aromatic carbocycles. The third-order valence-electron chi connectivity index (χ3n) is 4.55. The van der Waals surface area contributed by atoms with E-state index in [1.165, 1.54) is 0 Å². The molecule has 0 amide bonds. The molecule has 0 N–H and O–H groups in total. The highest BCUT2D eigenvalue weighted by atomic mass is 16.5. The van der Waals surface area contributed by atoms with Gasteiger partial charge < -0.3 is 14.0 Å². The van der Waals surface area contributed by atoms with Gasteiger partial charge in [0.25, 0.3) is 0 Å². The van der Waals surface area contributed by atoms with E-state index in [1.54, 1.807) is 12.4 Å². The van der Waals surface area contributed by atoms with Crippen molar-refractivity contribution in [3.63, 3.8) is 0 Å². The van der Waals surface area contributed by atoms with Crippen molar-refractivity contribution >= 4 is 0 Å². The van der Waals surface area contributed by atoms with E-state index in [4.69, 9.17) is 14.0 Å². The maximum absolute atomic E-state index is 6.06. The average molecular weight is 330 g/mol. The molecule has 7 heteroatoms. The first-order valence-corrected chi connectivity index (χ1v) is 8.34. The topological polar surface area (TPSA) is 73.5 Å². The highest BCUT2D eigenvalue weighted by molar-refractivity contribution is 5.10. The summed E-state index contributed by atoms with van der Waals surface area (Å²) in [4.78, 5) is 10.8. The van der Waals surface area contributed by atoms with Gasteiger partial charge in [-0.2, -0.15) is 0 Å². The van der Waals surface area contributed by atoms with E-state index < -0.39 is 0 Å². The molecule has 4 rings (SSSR count). The normalized spacial score (nSPS) is 23.2. The van der Waals surface area contributed by atoms with E-state index in [2.05, 4.69) is 20.0 Å². The molecule has 1 atom stereocenters. The molecule has 0 aliphatic carbocycles. The van der Waals surface area contributed by atoms with Crippen LogP contribution in [0, 0.1) is 13.8 Å². The fourth-order valence-electron chi connectivity index (χ4n) is 3.57. The Morgan fingerprint density at radius 1 is 1.33 bits per heavy atom. The van der Waals surface area contributed by atoms with Crippen molar-refractivity contribution in [2.45, 2.75) is 44.9 Å². The molecule has 0 unspecified atom stereocenters. The largest absolute Gasteiger partial charge is 0.473 e. The SMILES string of the molecule is Cc1cncc(O[C@@H]2CCOC3(C2)CN(Cc2cc(C)on2)C3)n1. The molecule has 2 aliphatic rings. The second-order valence-corrected chi connectivity index (χ2v) is 6.84. The monoisotopic (exact) mass is 330 g/mol. The van der Waals surface area contributed by atoms with Crippen LogP contribution in [0.4, 0.5) is 0 Å². The van der Waals surface area contributed by atoms with E-state index in [-0.39, 0.29) is 11.7 Å². The third kappa shape index (κ3) is 3.27. The van der Waals surface area contributed by atoms with Gasteiger partial charge in [-0.1, -0.05) is 5.16 Å². The molecule has 2 aromatic heterocycles. The van der Waals surface area contributed by atoms with Gasteiger partial charge in [-0.25, -0.2) is 4.98 Å². The predicted molar refractivity (Wildman–Crippen MR) is 85.6 cm³/mol. The predicted octanol–water partition coefficient (Wildman–Crippen LogP) is 1.89. The number of hydrogen-bond donors (Lipinski definition) is 0. The van der Waals surface area contributed by atoms with Crippen molar-refractivity contribution in [3.8, 4) is 5.88 Å². The lowest BCUT2D eigenvalue weighted by Gasteiger charge is -2.52. The van der Waals surface area contributed by atoms with Crippen LogP contribution in [-0.2, 0) is 11.3 Å². The van der Waals surface area contributed by atoms with Gasteiger partial charge in [-0.3, -0.25) is 9.88 Å². The molecular weight excluding hydrogens is 308 g/mol. The molecule has 128 valence electrons. The Morgan fingerprint density at radius 2 is 2.21 bits per heavy atom. The Hall–Kier alpha value is -1.99. The van der Waals surface area contributed by atoms with Gasteiger partial charge in [0.1, 0.15) is 11.9 Å². The third-order valence-corrected chi connectivity index (χ3v) is 4.55. The van der Waals surface area contributed by atoms with Crippen LogP contribution in [0.3, 0.4) is 0 Å². The average Bonchev–Trinajstić information content (AvgIpc) is 2.91. The zero-order valence-corrected chi connectivity index (χ0v) is 14.1. The number of rotatable bonds is 4. The number of hydrogen-bond acceptors (Lipinski definition) is 7. The lowest BCUT2D eigenvalue weighted by molar-refractivity contribution is -0.188. The second-order valence-electron chi connectivity index (χ2n) is 6.84. The van der Waals surface area contributed by atoms with Crippen LogP contribution in [0.2, 0.25) is 0 Å².